The molecule has 0 radical (unpaired) electrons. The van der Waals surface area contributed by atoms with Crippen LogP contribution < -0.4 is 0 Å². The molecule has 34 heavy (non-hydrogen) atoms. The van der Waals surface area contributed by atoms with Gasteiger partial charge >= 0.3 is 28.5 Å². The minimum atomic E-state index is -4.19. The Hall–Kier alpha value is -0.890. The molecule has 0 amide bonds. The Labute approximate surface area is 210 Å². The predicted octanol–water partition coefficient (Wildman–Crippen LogP) is 4.98. The molecule has 0 aliphatic rings. The van der Waals surface area contributed by atoms with Crippen LogP contribution >= 0.6 is 31.8 Å². The van der Waals surface area contributed by atoms with Crippen molar-refractivity contribution in [2.24, 2.45) is 0 Å². The molecule has 0 saturated carbocycles. The molecule has 2 aromatic carbocycles. The zero-order chi connectivity index (χ0) is 25.4. The van der Waals surface area contributed by atoms with E-state index in [1.165, 1.54) is 23.5 Å². The summed E-state index contributed by atoms with van der Waals surface area (Å²) in [5, 5.41) is 0. The summed E-state index contributed by atoms with van der Waals surface area (Å²) in [5.74, 6) is 1.32. The molecule has 0 bridgehead atoms. The fraction of sp³-hybridized carbons (Fsp3) is 0.400. The number of hydrogen-bond acceptors (Lipinski definition) is 11. The van der Waals surface area contributed by atoms with Crippen LogP contribution in [-0.2, 0) is 42.2 Å². The topological polar surface area (TPSA) is 122 Å². The van der Waals surface area contributed by atoms with Gasteiger partial charge in [-0.2, -0.15) is 16.8 Å². The quantitative estimate of drug-likeness (QED) is 0.132. The second-order valence-electron chi connectivity index (χ2n) is 6.59. The van der Waals surface area contributed by atoms with Crippen LogP contribution in [0.5, 0.6) is 0 Å². The minimum absolute atomic E-state index is 0.0134. The number of thioether (sulfide) groups is 2. The van der Waals surface area contributed by atoms with Gasteiger partial charge in [0.2, 0.25) is 0 Å². The van der Waals surface area contributed by atoms with E-state index >= 15 is 0 Å². The summed E-state index contributed by atoms with van der Waals surface area (Å²) in [6.07, 6.45) is 0. The summed E-state index contributed by atoms with van der Waals surface area (Å²) in [5.41, 5.74) is 0.996. The SMILES string of the molecule is CCSc1cccc(C)c1S(=O)(=O)OCO[PH](=O)OCOS(=O)(=O)c1c(C)cccc1SCC. The fourth-order valence-electron chi connectivity index (χ4n) is 2.86. The van der Waals surface area contributed by atoms with Gasteiger partial charge < -0.3 is 0 Å². The normalized spacial score (nSPS) is 12.4. The van der Waals surface area contributed by atoms with Gasteiger partial charge in [0, 0.05) is 9.79 Å². The molecule has 14 heteroatoms. The molecule has 0 fully saturated rings. The molecule has 0 unspecified atom stereocenters. The summed E-state index contributed by atoms with van der Waals surface area (Å²) in [6.45, 7) is 5.32. The average molecular weight is 571 g/mol. The highest BCUT2D eigenvalue weighted by atomic mass is 32.2. The lowest BCUT2D eigenvalue weighted by molar-refractivity contribution is 0.0752. The van der Waals surface area contributed by atoms with Crippen LogP contribution in [0.25, 0.3) is 0 Å². The number of rotatable bonds is 14. The van der Waals surface area contributed by atoms with Crippen LogP contribution in [0.1, 0.15) is 25.0 Å². The van der Waals surface area contributed by atoms with E-state index in [0.717, 1.165) is 0 Å². The van der Waals surface area contributed by atoms with Crippen molar-refractivity contribution < 1.29 is 38.8 Å². The lowest BCUT2D eigenvalue weighted by Crippen LogP contribution is -2.12. The van der Waals surface area contributed by atoms with Crippen LogP contribution in [0, 0.1) is 13.8 Å². The third-order valence-electron chi connectivity index (χ3n) is 4.21. The molecule has 0 saturated heterocycles. The van der Waals surface area contributed by atoms with Crippen molar-refractivity contribution in [2.45, 2.75) is 47.3 Å². The molecular formula is C20H27O9PS4. The molecule has 0 heterocycles. The summed E-state index contributed by atoms with van der Waals surface area (Å²) in [6, 6.07) is 10.1. The Morgan fingerprint density at radius 3 is 1.47 bits per heavy atom. The van der Waals surface area contributed by atoms with Gasteiger partial charge in [-0.05, 0) is 48.6 Å². The molecule has 0 atom stereocenters. The van der Waals surface area contributed by atoms with E-state index in [1.54, 1.807) is 50.2 Å². The van der Waals surface area contributed by atoms with E-state index in [1.807, 2.05) is 13.8 Å². The molecule has 0 N–H and O–H groups in total. The maximum Gasteiger partial charge on any atom is 0.323 e. The smallest absolute Gasteiger partial charge is 0.282 e. The van der Waals surface area contributed by atoms with E-state index < -0.39 is 42.1 Å². The van der Waals surface area contributed by atoms with E-state index in [4.69, 9.17) is 17.4 Å². The largest absolute Gasteiger partial charge is 0.323 e. The molecule has 0 spiro atoms. The van der Waals surface area contributed by atoms with Gasteiger partial charge in [0.1, 0.15) is 9.79 Å². The minimum Gasteiger partial charge on any atom is -0.282 e. The highest BCUT2D eigenvalue weighted by Crippen LogP contribution is 2.33. The molecule has 2 aromatic rings. The predicted molar refractivity (Wildman–Crippen MR) is 133 cm³/mol. The maximum atomic E-state index is 12.6. The molecule has 0 aliphatic heterocycles. The van der Waals surface area contributed by atoms with Crippen LogP contribution in [0.2, 0.25) is 0 Å². The van der Waals surface area contributed by atoms with Gasteiger partial charge in [-0.1, -0.05) is 38.1 Å². The Morgan fingerprint density at radius 1 is 0.735 bits per heavy atom. The van der Waals surface area contributed by atoms with Crippen molar-refractivity contribution in [3.63, 3.8) is 0 Å². The maximum absolute atomic E-state index is 12.6. The Bertz CT molecular complexity index is 1120. The fourth-order valence-corrected chi connectivity index (χ4v) is 8.09. The lowest BCUT2D eigenvalue weighted by atomic mass is 10.2. The van der Waals surface area contributed by atoms with Gasteiger partial charge in [-0.15, -0.1) is 23.5 Å². The van der Waals surface area contributed by atoms with Gasteiger partial charge in [0.15, 0.2) is 13.6 Å². The summed E-state index contributed by atoms with van der Waals surface area (Å²) in [7, 11) is -11.7. The van der Waals surface area contributed by atoms with Crippen molar-refractivity contribution in [3.05, 3.63) is 47.5 Å². The van der Waals surface area contributed by atoms with Crippen molar-refractivity contribution in [1.29, 1.82) is 0 Å². The molecule has 2 rings (SSSR count). The standard InChI is InChI=1S/C20H27O9PS4/c1-5-31-17-11-7-9-15(3)19(17)33(22,23)28-13-26-30(21)27-14-29-34(24,25)20-16(4)10-8-12-18(20)32-6-2/h7-12,30H,5-6,13-14H2,1-4H3. The van der Waals surface area contributed by atoms with Crippen molar-refractivity contribution >= 4 is 52.0 Å². The van der Waals surface area contributed by atoms with Crippen LogP contribution in [0.3, 0.4) is 0 Å². The first-order valence-corrected chi connectivity index (χ1v) is 16.1. The van der Waals surface area contributed by atoms with Gasteiger partial charge in [-0.25, -0.2) is 8.37 Å². The first-order valence-electron chi connectivity index (χ1n) is 10.1. The van der Waals surface area contributed by atoms with Crippen LogP contribution in [0.15, 0.2) is 56.0 Å². The van der Waals surface area contributed by atoms with Gasteiger partial charge in [0.05, 0.1) is 0 Å². The Morgan fingerprint density at radius 2 is 1.12 bits per heavy atom. The van der Waals surface area contributed by atoms with Crippen LogP contribution in [-0.4, -0.2) is 41.9 Å². The van der Waals surface area contributed by atoms with Crippen molar-refractivity contribution in [2.75, 3.05) is 25.1 Å². The van der Waals surface area contributed by atoms with E-state index in [0.29, 0.717) is 32.4 Å². The molecule has 9 nitrogen and oxygen atoms in total. The van der Waals surface area contributed by atoms with E-state index in [2.05, 4.69) is 0 Å². The van der Waals surface area contributed by atoms with Gasteiger partial charge in [0.25, 0.3) is 0 Å². The monoisotopic (exact) mass is 570 g/mol. The summed E-state index contributed by atoms with van der Waals surface area (Å²) in [4.78, 5) is 1.09. The van der Waals surface area contributed by atoms with Crippen LogP contribution in [0.4, 0.5) is 0 Å². The van der Waals surface area contributed by atoms with Crippen molar-refractivity contribution in [1.82, 2.24) is 0 Å². The second kappa shape index (κ2) is 13.4. The molecule has 0 aliphatic carbocycles. The zero-order valence-electron chi connectivity index (χ0n) is 19.1. The lowest BCUT2D eigenvalue weighted by Gasteiger charge is -2.13. The number of aryl methyl sites for hydroxylation is 2. The first kappa shape index (κ1) is 29.3. The van der Waals surface area contributed by atoms with E-state index in [-0.39, 0.29) is 9.79 Å². The Balaban J connectivity index is 1.93. The van der Waals surface area contributed by atoms with Crippen molar-refractivity contribution in [3.8, 4) is 0 Å². The zero-order valence-corrected chi connectivity index (χ0v) is 23.4. The molecule has 190 valence electrons. The first-order chi connectivity index (χ1) is 16.0. The highest BCUT2D eigenvalue weighted by Gasteiger charge is 2.24. The average Bonchev–Trinajstić information content (AvgIpc) is 2.73. The molecular weight excluding hydrogens is 543 g/mol. The summed E-state index contributed by atoms with van der Waals surface area (Å²) >= 11 is 2.69. The highest BCUT2D eigenvalue weighted by molar-refractivity contribution is 8.00. The van der Waals surface area contributed by atoms with Gasteiger partial charge in [-0.3, -0.25) is 13.6 Å². The van der Waals surface area contributed by atoms with E-state index in [9.17, 15) is 21.4 Å². The summed E-state index contributed by atoms with van der Waals surface area (Å²) < 4.78 is 81.6. The third kappa shape index (κ3) is 8.07. The number of benzene rings is 2. The molecule has 0 aromatic heterocycles. The Kier molecular flexibility index (Phi) is 11.6. The second-order valence-corrected chi connectivity index (χ2v) is 13.4. The third-order valence-corrected chi connectivity index (χ3v) is 9.95. The number of hydrogen-bond donors (Lipinski definition) is 0.